The van der Waals surface area contributed by atoms with Crippen LogP contribution in [0.25, 0.3) is 0 Å². The van der Waals surface area contributed by atoms with Gasteiger partial charge in [0.15, 0.2) is 0 Å². The zero-order valence-electron chi connectivity index (χ0n) is 13.9. The molecular weight excluding hydrogens is 366 g/mol. The summed E-state index contributed by atoms with van der Waals surface area (Å²) in [5.41, 5.74) is -0.0387. The molecule has 1 amide bonds. The molecule has 26 heavy (non-hydrogen) atoms. The number of benzene rings is 2. The first-order valence-electron chi connectivity index (χ1n) is 7.70. The van der Waals surface area contributed by atoms with Crippen molar-refractivity contribution in [2.24, 2.45) is 0 Å². The van der Waals surface area contributed by atoms with Crippen molar-refractivity contribution in [2.75, 3.05) is 17.7 Å². The maximum Gasteiger partial charge on any atom is 0.242 e. The molecule has 2 N–H and O–H groups in total. The zero-order valence-corrected chi connectivity index (χ0v) is 14.7. The highest BCUT2D eigenvalue weighted by Gasteiger charge is 2.21. The lowest BCUT2D eigenvalue weighted by Gasteiger charge is -2.15. The van der Waals surface area contributed by atoms with Gasteiger partial charge >= 0.3 is 0 Å². The molecule has 1 atom stereocenters. The minimum absolute atomic E-state index is 0.0387. The predicted molar refractivity (Wildman–Crippen MR) is 93.3 cm³/mol. The van der Waals surface area contributed by atoms with Crippen molar-refractivity contribution in [3.05, 3.63) is 60.2 Å². The van der Waals surface area contributed by atoms with Gasteiger partial charge in [0.05, 0.1) is 17.5 Å². The lowest BCUT2D eigenvalue weighted by molar-refractivity contribution is -0.117. The third-order valence-electron chi connectivity index (χ3n) is 3.32. The molecule has 0 aliphatic heterocycles. The van der Waals surface area contributed by atoms with Gasteiger partial charge in [0.2, 0.25) is 15.9 Å². The highest BCUT2D eigenvalue weighted by molar-refractivity contribution is 7.89. The standard InChI is InChI=1S/C17H18F2N2O4S/c1-12(17(22)20-16-5-3-2-4-15(16)19)21-26(23,24)11-10-25-14-8-6-13(18)7-9-14/h2-9,12,21H,10-11H2,1H3,(H,20,22). The fourth-order valence-electron chi connectivity index (χ4n) is 1.99. The van der Waals surface area contributed by atoms with Crippen LogP contribution in [0.15, 0.2) is 48.5 Å². The van der Waals surface area contributed by atoms with Gasteiger partial charge in [0.1, 0.15) is 24.0 Å². The van der Waals surface area contributed by atoms with Gasteiger partial charge in [-0.3, -0.25) is 4.79 Å². The van der Waals surface area contributed by atoms with E-state index in [1.165, 1.54) is 49.4 Å². The van der Waals surface area contributed by atoms with E-state index in [9.17, 15) is 22.0 Å². The molecule has 0 bridgehead atoms. The second kappa shape index (κ2) is 8.72. The minimum Gasteiger partial charge on any atom is -0.492 e. The maximum atomic E-state index is 13.5. The SMILES string of the molecule is CC(NS(=O)(=O)CCOc1ccc(F)cc1)C(=O)Nc1ccccc1F. The van der Waals surface area contributed by atoms with Gasteiger partial charge in [-0.1, -0.05) is 12.1 Å². The average Bonchev–Trinajstić information content (AvgIpc) is 2.58. The average molecular weight is 384 g/mol. The molecule has 2 rings (SSSR count). The number of carbonyl (C=O) groups is 1. The van der Waals surface area contributed by atoms with Crippen molar-refractivity contribution in [2.45, 2.75) is 13.0 Å². The van der Waals surface area contributed by atoms with Crippen LogP contribution in [0.3, 0.4) is 0 Å². The Morgan fingerprint density at radius 1 is 1.12 bits per heavy atom. The number of anilines is 1. The van der Waals surface area contributed by atoms with Crippen molar-refractivity contribution >= 4 is 21.6 Å². The summed E-state index contributed by atoms with van der Waals surface area (Å²) in [5, 5.41) is 2.31. The van der Waals surface area contributed by atoms with Crippen LogP contribution in [0, 0.1) is 11.6 Å². The highest BCUT2D eigenvalue weighted by Crippen LogP contribution is 2.13. The van der Waals surface area contributed by atoms with E-state index in [0.717, 1.165) is 0 Å². The first kappa shape index (κ1) is 19.8. The first-order valence-corrected chi connectivity index (χ1v) is 9.36. The molecule has 0 fully saturated rings. The zero-order chi connectivity index (χ0) is 19.2. The summed E-state index contributed by atoms with van der Waals surface area (Å²) in [4.78, 5) is 12.0. The van der Waals surface area contributed by atoms with Crippen LogP contribution in [-0.4, -0.2) is 32.7 Å². The van der Waals surface area contributed by atoms with Gasteiger partial charge in [0.25, 0.3) is 0 Å². The Kier molecular flexibility index (Phi) is 6.64. The lowest BCUT2D eigenvalue weighted by Crippen LogP contribution is -2.43. The molecule has 0 saturated heterocycles. The molecule has 1 unspecified atom stereocenters. The molecule has 6 nitrogen and oxygen atoms in total. The molecule has 0 aromatic heterocycles. The van der Waals surface area contributed by atoms with Crippen LogP contribution in [0.2, 0.25) is 0 Å². The largest absolute Gasteiger partial charge is 0.492 e. The predicted octanol–water partition coefficient (Wildman–Crippen LogP) is 2.29. The van der Waals surface area contributed by atoms with Crippen LogP contribution in [0.5, 0.6) is 5.75 Å². The number of sulfonamides is 1. The number of amides is 1. The number of carbonyl (C=O) groups excluding carboxylic acids is 1. The van der Waals surface area contributed by atoms with E-state index in [-0.39, 0.29) is 12.3 Å². The van der Waals surface area contributed by atoms with E-state index in [1.54, 1.807) is 6.07 Å². The summed E-state index contributed by atoms with van der Waals surface area (Å²) in [6, 6.07) is 9.58. The molecule has 140 valence electrons. The number of para-hydroxylation sites is 1. The van der Waals surface area contributed by atoms with Crippen molar-refractivity contribution in [1.29, 1.82) is 0 Å². The minimum atomic E-state index is -3.81. The fraction of sp³-hybridized carbons (Fsp3) is 0.235. The van der Waals surface area contributed by atoms with E-state index in [1.807, 2.05) is 0 Å². The van der Waals surface area contributed by atoms with Crippen LogP contribution >= 0.6 is 0 Å². The van der Waals surface area contributed by atoms with E-state index in [4.69, 9.17) is 4.74 Å². The molecule has 9 heteroatoms. The number of rotatable bonds is 8. The van der Waals surface area contributed by atoms with Gasteiger partial charge in [-0.15, -0.1) is 0 Å². The van der Waals surface area contributed by atoms with Crippen molar-refractivity contribution in [3.63, 3.8) is 0 Å². The molecule has 0 aliphatic carbocycles. The van der Waals surface area contributed by atoms with Gasteiger partial charge in [0, 0.05) is 0 Å². The lowest BCUT2D eigenvalue weighted by atomic mass is 10.2. The van der Waals surface area contributed by atoms with Crippen LogP contribution in [0.4, 0.5) is 14.5 Å². The van der Waals surface area contributed by atoms with Crippen molar-refractivity contribution < 1.29 is 26.7 Å². The molecule has 2 aromatic rings. The Hall–Kier alpha value is -2.52. The monoisotopic (exact) mass is 384 g/mol. The molecule has 2 aromatic carbocycles. The van der Waals surface area contributed by atoms with Crippen molar-refractivity contribution in [3.8, 4) is 5.75 Å². The molecule has 0 saturated carbocycles. The Labute approximate surface area is 150 Å². The Balaban J connectivity index is 1.84. The maximum absolute atomic E-state index is 13.5. The van der Waals surface area contributed by atoms with Gasteiger partial charge in [-0.2, -0.15) is 0 Å². The third kappa shape index (κ3) is 6.08. The van der Waals surface area contributed by atoms with Crippen LogP contribution in [-0.2, 0) is 14.8 Å². The summed E-state index contributed by atoms with van der Waals surface area (Å²) in [6.07, 6.45) is 0. The number of halogens is 2. The molecule has 0 spiro atoms. The van der Waals surface area contributed by atoms with E-state index in [2.05, 4.69) is 10.0 Å². The highest BCUT2D eigenvalue weighted by atomic mass is 32.2. The smallest absolute Gasteiger partial charge is 0.242 e. The van der Waals surface area contributed by atoms with E-state index in [0.29, 0.717) is 5.75 Å². The van der Waals surface area contributed by atoms with E-state index >= 15 is 0 Å². The molecule has 0 heterocycles. The summed E-state index contributed by atoms with van der Waals surface area (Å²) in [6.45, 7) is 1.16. The molecular formula is C17H18F2N2O4S. The number of nitrogens with one attached hydrogen (secondary N) is 2. The van der Waals surface area contributed by atoms with Gasteiger partial charge in [-0.25, -0.2) is 21.9 Å². The summed E-state index contributed by atoms with van der Waals surface area (Å²) in [7, 11) is -3.81. The summed E-state index contributed by atoms with van der Waals surface area (Å²) in [5.74, 6) is -1.82. The van der Waals surface area contributed by atoms with Crippen LogP contribution < -0.4 is 14.8 Å². The first-order chi connectivity index (χ1) is 12.3. The summed E-state index contributed by atoms with van der Waals surface area (Å²) >= 11 is 0. The molecule has 0 aliphatic rings. The van der Waals surface area contributed by atoms with E-state index < -0.39 is 39.4 Å². The van der Waals surface area contributed by atoms with Crippen molar-refractivity contribution in [1.82, 2.24) is 4.72 Å². The number of ether oxygens (including phenoxy) is 1. The summed E-state index contributed by atoms with van der Waals surface area (Å²) < 4.78 is 57.7. The number of hydrogen-bond acceptors (Lipinski definition) is 4. The quantitative estimate of drug-likeness (QED) is 0.731. The normalized spacial score (nSPS) is 12.4. The number of hydrogen-bond donors (Lipinski definition) is 2. The second-order valence-electron chi connectivity index (χ2n) is 5.43. The Morgan fingerprint density at radius 2 is 1.77 bits per heavy atom. The third-order valence-corrected chi connectivity index (χ3v) is 4.73. The topological polar surface area (TPSA) is 84.5 Å². The van der Waals surface area contributed by atoms with Gasteiger partial charge in [-0.05, 0) is 43.3 Å². The van der Waals surface area contributed by atoms with Gasteiger partial charge < -0.3 is 10.1 Å². The Morgan fingerprint density at radius 3 is 2.42 bits per heavy atom. The molecule has 0 radical (unpaired) electrons. The van der Waals surface area contributed by atoms with Crippen LogP contribution in [0.1, 0.15) is 6.92 Å². The second-order valence-corrected chi connectivity index (χ2v) is 7.30. The Bertz CT molecular complexity index is 857. The fourth-order valence-corrected chi connectivity index (χ4v) is 3.05.